The molecule has 2 saturated heterocycles. The third-order valence-corrected chi connectivity index (χ3v) is 7.53. The molecule has 218 valence electrons. The molecule has 0 bridgehead atoms. The van der Waals surface area contributed by atoms with Gasteiger partial charge in [0.1, 0.15) is 18.1 Å². The van der Waals surface area contributed by atoms with Crippen LogP contribution in [0.25, 0.3) is 5.76 Å². The largest absolute Gasteiger partial charge is 0.507 e. The third kappa shape index (κ3) is 6.50. The number of ether oxygens (including phenoxy) is 2. The number of hydrogen-bond acceptors (Lipinski definition) is 8. The van der Waals surface area contributed by atoms with Crippen LogP contribution in [0.4, 0.5) is 5.69 Å². The van der Waals surface area contributed by atoms with Crippen LogP contribution in [0.3, 0.4) is 0 Å². The number of aliphatic hydroxyl groups excluding tert-OH is 1. The average Bonchev–Trinajstić information content (AvgIpc) is 3.26. The molecule has 2 aliphatic rings. The summed E-state index contributed by atoms with van der Waals surface area (Å²) in [5, 5.41) is 22.9. The molecule has 3 aromatic rings. The molecule has 5 rings (SSSR count). The number of amides is 1. The highest BCUT2D eigenvalue weighted by Gasteiger charge is 2.46. The van der Waals surface area contributed by atoms with Gasteiger partial charge in [-0.15, -0.1) is 0 Å². The van der Waals surface area contributed by atoms with E-state index >= 15 is 0 Å². The molecule has 0 radical (unpaired) electrons. The van der Waals surface area contributed by atoms with E-state index in [1.54, 1.807) is 30.3 Å². The lowest BCUT2D eigenvalue weighted by Gasteiger charge is -2.29. The van der Waals surface area contributed by atoms with Crippen LogP contribution in [-0.2, 0) is 20.9 Å². The molecule has 42 heavy (non-hydrogen) atoms. The van der Waals surface area contributed by atoms with Crippen LogP contribution in [0.2, 0.25) is 0 Å². The fourth-order valence-corrected chi connectivity index (χ4v) is 5.39. The van der Waals surface area contributed by atoms with Crippen molar-refractivity contribution in [3.05, 3.63) is 111 Å². The minimum absolute atomic E-state index is 0.0969. The van der Waals surface area contributed by atoms with Gasteiger partial charge in [0.05, 0.1) is 29.8 Å². The highest BCUT2D eigenvalue weighted by atomic mass is 16.6. The molecule has 2 aliphatic heterocycles. The Hall–Kier alpha value is -4.54. The molecule has 0 spiro atoms. The minimum Gasteiger partial charge on any atom is -0.507 e. The van der Waals surface area contributed by atoms with Crippen molar-refractivity contribution in [1.82, 2.24) is 9.80 Å². The summed E-state index contributed by atoms with van der Waals surface area (Å²) in [5.41, 5.74) is 2.61. The maximum Gasteiger partial charge on any atom is 0.295 e. The summed E-state index contributed by atoms with van der Waals surface area (Å²) in [7, 11) is 0. The van der Waals surface area contributed by atoms with Gasteiger partial charge in [-0.1, -0.05) is 42.0 Å². The molecule has 0 aromatic heterocycles. The average molecular weight is 572 g/mol. The lowest BCUT2D eigenvalue weighted by molar-refractivity contribution is -0.384. The molecule has 0 saturated carbocycles. The number of morpholine rings is 1. The molecule has 1 unspecified atom stereocenters. The first-order valence-electron chi connectivity index (χ1n) is 13.9. The number of rotatable bonds is 10. The fourth-order valence-electron chi connectivity index (χ4n) is 5.39. The Bertz CT molecular complexity index is 1500. The van der Waals surface area contributed by atoms with Gasteiger partial charge >= 0.3 is 0 Å². The van der Waals surface area contributed by atoms with Gasteiger partial charge in [0, 0.05) is 43.9 Å². The molecule has 1 N–H and O–H groups in total. The maximum absolute atomic E-state index is 13.4. The van der Waals surface area contributed by atoms with Gasteiger partial charge in [0.2, 0.25) is 0 Å². The molecule has 0 aliphatic carbocycles. The van der Waals surface area contributed by atoms with Gasteiger partial charge in [0.25, 0.3) is 17.4 Å². The second-order valence-electron chi connectivity index (χ2n) is 10.5. The minimum atomic E-state index is -0.966. The van der Waals surface area contributed by atoms with Crippen molar-refractivity contribution in [3.8, 4) is 5.75 Å². The lowest BCUT2D eigenvalue weighted by Crippen LogP contribution is -2.39. The van der Waals surface area contributed by atoms with Crippen molar-refractivity contribution in [2.45, 2.75) is 26.0 Å². The normalized spacial score (nSPS) is 18.8. The van der Waals surface area contributed by atoms with Crippen LogP contribution in [0.1, 0.15) is 34.7 Å². The van der Waals surface area contributed by atoms with Crippen molar-refractivity contribution >= 4 is 23.1 Å². The zero-order valence-electron chi connectivity index (χ0n) is 23.4. The summed E-state index contributed by atoms with van der Waals surface area (Å²) in [6.45, 7) is 6.21. The van der Waals surface area contributed by atoms with Crippen molar-refractivity contribution in [1.29, 1.82) is 0 Å². The van der Waals surface area contributed by atoms with Gasteiger partial charge in [-0.25, -0.2) is 0 Å². The number of Topliss-reactive ketones (excluding diaryl/α,β-unsaturated/α-hetero) is 1. The quantitative estimate of drug-likeness (QED) is 0.123. The number of non-ortho nitro benzene ring substituents is 1. The molecule has 2 fully saturated rings. The second kappa shape index (κ2) is 13.0. The van der Waals surface area contributed by atoms with Crippen LogP contribution in [-0.4, -0.2) is 70.9 Å². The summed E-state index contributed by atoms with van der Waals surface area (Å²) in [4.78, 5) is 41.3. The molecular formula is C32H33N3O7. The summed E-state index contributed by atoms with van der Waals surface area (Å²) in [6, 6.07) is 19.5. The van der Waals surface area contributed by atoms with Crippen molar-refractivity contribution < 1.29 is 29.1 Å². The van der Waals surface area contributed by atoms with Gasteiger partial charge in [-0.2, -0.15) is 0 Å². The first kappa shape index (κ1) is 29.0. The van der Waals surface area contributed by atoms with E-state index < -0.39 is 22.7 Å². The van der Waals surface area contributed by atoms with E-state index in [-0.39, 0.29) is 23.6 Å². The first-order chi connectivity index (χ1) is 20.3. The molecular weight excluding hydrogens is 538 g/mol. The maximum atomic E-state index is 13.4. The highest BCUT2D eigenvalue weighted by Crippen LogP contribution is 2.40. The number of aryl methyl sites for hydroxylation is 1. The number of nitro groups is 1. The number of benzene rings is 3. The number of aliphatic hydroxyl groups is 1. The predicted molar refractivity (Wildman–Crippen MR) is 156 cm³/mol. The van der Waals surface area contributed by atoms with Crippen molar-refractivity contribution in [2.75, 3.05) is 39.4 Å². The van der Waals surface area contributed by atoms with E-state index in [9.17, 15) is 24.8 Å². The zero-order valence-corrected chi connectivity index (χ0v) is 23.4. The van der Waals surface area contributed by atoms with E-state index in [4.69, 9.17) is 9.47 Å². The molecule has 2 heterocycles. The molecule has 10 heteroatoms. The summed E-state index contributed by atoms with van der Waals surface area (Å²) < 4.78 is 11.3. The van der Waals surface area contributed by atoms with Crippen LogP contribution < -0.4 is 4.74 Å². The Balaban J connectivity index is 1.42. The second-order valence-corrected chi connectivity index (χ2v) is 10.5. The number of hydrogen-bond donors (Lipinski definition) is 1. The van der Waals surface area contributed by atoms with Gasteiger partial charge in [0.15, 0.2) is 0 Å². The molecule has 1 amide bonds. The number of ketones is 1. The van der Waals surface area contributed by atoms with E-state index in [0.29, 0.717) is 49.7 Å². The number of nitrogens with zero attached hydrogens (tertiary/aromatic N) is 3. The van der Waals surface area contributed by atoms with E-state index in [1.807, 2.05) is 31.2 Å². The summed E-state index contributed by atoms with van der Waals surface area (Å²) >= 11 is 0. The fraction of sp³-hybridized carbons (Fsp3) is 0.312. The Kier molecular flexibility index (Phi) is 8.94. The van der Waals surface area contributed by atoms with Crippen LogP contribution in [0.15, 0.2) is 78.4 Å². The van der Waals surface area contributed by atoms with Crippen LogP contribution >= 0.6 is 0 Å². The zero-order chi connectivity index (χ0) is 29.6. The van der Waals surface area contributed by atoms with E-state index in [0.717, 1.165) is 24.2 Å². The Morgan fingerprint density at radius 3 is 2.48 bits per heavy atom. The number of nitro benzene ring substituents is 1. The van der Waals surface area contributed by atoms with Crippen LogP contribution in [0, 0.1) is 17.0 Å². The molecule has 1 atom stereocenters. The summed E-state index contributed by atoms with van der Waals surface area (Å²) in [6.07, 6.45) is 0.589. The third-order valence-electron chi connectivity index (χ3n) is 7.53. The first-order valence-corrected chi connectivity index (χ1v) is 13.9. The number of carbonyl (C=O) groups is 2. The standard InChI is InChI=1S/C32H33N3O7/c1-22-5-2-6-23(19-22)21-42-27-11-9-24(10-12-27)30(36)28-29(25-7-3-8-26(20-25)35(39)40)34(32(38)31(28)37)14-4-13-33-15-17-41-18-16-33/h2-3,5-12,19-20,29,36H,4,13-18,21H2,1H3/b30-28+. The Morgan fingerprint density at radius 2 is 1.76 bits per heavy atom. The van der Waals surface area contributed by atoms with E-state index in [1.165, 1.54) is 23.1 Å². The Labute approximate surface area is 243 Å². The smallest absolute Gasteiger partial charge is 0.295 e. The Morgan fingerprint density at radius 1 is 1.02 bits per heavy atom. The number of likely N-dealkylation sites (tertiary alicyclic amines) is 1. The molecule has 3 aromatic carbocycles. The summed E-state index contributed by atoms with van der Waals surface area (Å²) in [5.74, 6) is -1.33. The van der Waals surface area contributed by atoms with Crippen LogP contribution in [0.5, 0.6) is 5.75 Å². The lowest BCUT2D eigenvalue weighted by atomic mass is 9.95. The van der Waals surface area contributed by atoms with Gasteiger partial charge < -0.3 is 19.5 Å². The highest BCUT2D eigenvalue weighted by molar-refractivity contribution is 6.46. The van der Waals surface area contributed by atoms with Crippen molar-refractivity contribution in [3.63, 3.8) is 0 Å². The van der Waals surface area contributed by atoms with Gasteiger partial charge in [-0.05, 0) is 48.7 Å². The van der Waals surface area contributed by atoms with E-state index in [2.05, 4.69) is 4.90 Å². The SMILES string of the molecule is Cc1cccc(COc2ccc(/C(O)=C3\C(=O)C(=O)N(CCCN4CCOCC4)C3c3cccc([N+](=O)[O-])c3)cc2)c1. The number of carbonyl (C=O) groups excluding carboxylic acids is 2. The molecule has 10 nitrogen and oxygen atoms in total. The van der Waals surface area contributed by atoms with Gasteiger partial charge in [-0.3, -0.25) is 24.6 Å². The van der Waals surface area contributed by atoms with Crippen molar-refractivity contribution in [2.24, 2.45) is 0 Å². The predicted octanol–water partition coefficient (Wildman–Crippen LogP) is 4.63. The monoisotopic (exact) mass is 571 g/mol. The topological polar surface area (TPSA) is 122 Å².